The molecule has 2 N–H and O–H groups in total. The van der Waals surface area contributed by atoms with Crippen molar-refractivity contribution in [3.8, 4) is 0 Å². The number of carbonyl (C=O) groups is 1. The van der Waals surface area contributed by atoms with Crippen LogP contribution in [-0.2, 0) is 33.2 Å². The second-order valence-corrected chi connectivity index (χ2v) is 9.76. The number of hydrogen-bond donors (Lipinski definition) is 2. The molecule has 7 nitrogen and oxygen atoms in total. The molecule has 0 fully saturated rings. The van der Waals surface area contributed by atoms with Crippen molar-refractivity contribution in [3.05, 3.63) is 34.2 Å². The van der Waals surface area contributed by atoms with E-state index >= 15 is 0 Å². The number of thiazole rings is 1. The molecule has 0 atom stereocenters. The molecule has 2 aromatic heterocycles. The van der Waals surface area contributed by atoms with Crippen LogP contribution in [0, 0.1) is 0 Å². The molecule has 0 spiro atoms. The summed E-state index contributed by atoms with van der Waals surface area (Å²) in [6.45, 7) is 7.22. The maximum Gasteiger partial charge on any atom is 0.322 e. The van der Waals surface area contributed by atoms with Crippen LogP contribution >= 0.6 is 11.3 Å². The highest BCUT2D eigenvalue weighted by molar-refractivity contribution is 7.78. The molecule has 2 amide bonds. The van der Waals surface area contributed by atoms with Crippen LogP contribution in [0.2, 0.25) is 0 Å². The third-order valence-electron chi connectivity index (χ3n) is 4.21. The van der Waals surface area contributed by atoms with Crippen molar-refractivity contribution < 1.29 is 14.1 Å². The summed E-state index contributed by atoms with van der Waals surface area (Å²) in [5.41, 5.74) is 2.55. The Kier molecular flexibility index (Phi) is 5.64. The zero-order valence-corrected chi connectivity index (χ0v) is 17.4. The minimum absolute atomic E-state index is 0.146. The number of rotatable bonds is 4. The van der Waals surface area contributed by atoms with E-state index in [1.807, 2.05) is 19.9 Å². The fraction of sp³-hybridized carbons (Fsp3) is 0.500. The van der Waals surface area contributed by atoms with Gasteiger partial charge < -0.3 is 19.0 Å². The van der Waals surface area contributed by atoms with E-state index in [-0.39, 0.29) is 5.92 Å². The number of fused-ring (bicyclic) bond motifs is 1. The summed E-state index contributed by atoms with van der Waals surface area (Å²) in [5.74, 6) is 0.146. The largest absolute Gasteiger partial charge is 0.439 e. The predicted molar refractivity (Wildman–Crippen MR) is 105 cm³/mol. The molecule has 2 heterocycles. The van der Waals surface area contributed by atoms with Gasteiger partial charge in [-0.2, -0.15) is 0 Å². The summed E-state index contributed by atoms with van der Waals surface area (Å²) in [6, 6.07) is 1.27. The Labute approximate surface area is 164 Å². The van der Waals surface area contributed by atoms with E-state index in [0.717, 1.165) is 47.6 Å². The summed E-state index contributed by atoms with van der Waals surface area (Å²) >= 11 is 1.07. The maximum absolute atomic E-state index is 12.3. The summed E-state index contributed by atoms with van der Waals surface area (Å²) in [6.07, 6.45) is 4.36. The molecule has 2 aromatic rings. The van der Waals surface area contributed by atoms with Crippen molar-refractivity contribution in [2.24, 2.45) is 4.36 Å². The van der Waals surface area contributed by atoms with Crippen molar-refractivity contribution in [2.75, 3.05) is 5.32 Å². The Morgan fingerprint density at radius 2 is 2.15 bits per heavy atom. The highest BCUT2D eigenvalue weighted by atomic mass is 32.2. The second kappa shape index (κ2) is 7.65. The molecule has 0 bridgehead atoms. The Balaban J connectivity index is 1.82. The van der Waals surface area contributed by atoms with Crippen LogP contribution in [0.1, 0.15) is 62.0 Å². The van der Waals surface area contributed by atoms with Crippen molar-refractivity contribution in [1.82, 2.24) is 9.97 Å². The molecule has 0 saturated carbocycles. The lowest BCUT2D eigenvalue weighted by Crippen LogP contribution is -2.14. The van der Waals surface area contributed by atoms with Gasteiger partial charge in [0, 0.05) is 11.9 Å². The van der Waals surface area contributed by atoms with Gasteiger partial charge in [-0.1, -0.05) is 13.8 Å². The number of pyridine rings is 1. The zero-order chi connectivity index (χ0) is 19.8. The zero-order valence-electron chi connectivity index (χ0n) is 15.8. The fourth-order valence-electron chi connectivity index (χ4n) is 2.91. The average molecular weight is 408 g/mol. The molecule has 1 aliphatic rings. The SMILES string of the molecule is CC(C)c1nc2c(cc1NC(=O)N=[S-](=O)c1cnc(C(C)(C)O)s1)CCC2. The number of amides is 2. The molecule has 9 heteroatoms. The van der Waals surface area contributed by atoms with Gasteiger partial charge in [-0.3, -0.25) is 4.98 Å². The van der Waals surface area contributed by atoms with E-state index in [1.165, 1.54) is 6.20 Å². The number of carbonyl (C=O) groups excluding carboxylic acids is 1. The van der Waals surface area contributed by atoms with Crippen molar-refractivity contribution in [1.29, 1.82) is 0 Å². The van der Waals surface area contributed by atoms with Crippen LogP contribution in [0.4, 0.5) is 10.5 Å². The van der Waals surface area contributed by atoms with E-state index in [0.29, 0.717) is 14.9 Å². The molecule has 1 aliphatic carbocycles. The fourth-order valence-corrected chi connectivity index (χ4v) is 4.62. The van der Waals surface area contributed by atoms with Gasteiger partial charge in [0.1, 0.15) is 10.6 Å². The number of aryl methyl sites for hydroxylation is 2. The molecule has 3 rings (SSSR count). The van der Waals surface area contributed by atoms with E-state index in [4.69, 9.17) is 4.98 Å². The maximum atomic E-state index is 12.3. The van der Waals surface area contributed by atoms with Gasteiger partial charge in [0.2, 0.25) is 0 Å². The number of aromatic nitrogens is 2. The third kappa shape index (κ3) is 4.53. The van der Waals surface area contributed by atoms with Gasteiger partial charge in [-0.15, -0.1) is 21.9 Å². The number of urea groups is 1. The third-order valence-corrected chi connectivity index (χ3v) is 6.78. The van der Waals surface area contributed by atoms with E-state index in [2.05, 4.69) is 14.7 Å². The Hall–Kier alpha value is -1.84. The molecule has 0 aromatic carbocycles. The first kappa shape index (κ1) is 19.9. The first-order valence-corrected chi connectivity index (χ1v) is 10.7. The number of nitrogens with one attached hydrogen (secondary N) is 1. The van der Waals surface area contributed by atoms with Crippen LogP contribution in [0.5, 0.6) is 0 Å². The van der Waals surface area contributed by atoms with Crippen LogP contribution in [-0.4, -0.2) is 21.1 Å². The number of nitrogens with zero attached hydrogens (tertiary/aromatic N) is 3. The van der Waals surface area contributed by atoms with E-state index < -0.39 is 22.2 Å². The van der Waals surface area contributed by atoms with Crippen LogP contribution < -0.4 is 5.32 Å². The summed E-state index contributed by atoms with van der Waals surface area (Å²) < 4.78 is 16.4. The number of hydrogen-bond acceptors (Lipinski definition) is 7. The van der Waals surface area contributed by atoms with Gasteiger partial charge in [0.25, 0.3) is 0 Å². The highest BCUT2D eigenvalue weighted by Crippen LogP contribution is 2.30. The molecule has 146 valence electrons. The molecule has 0 saturated heterocycles. The normalized spacial score (nSPS) is 15.2. The van der Waals surface area contributed by atoms with Crippen molar-refractivity contribution in [2.45, 2.75) is 62.7 Å². The molecule has 0 radical (unpaired) electrons. The molecule has 27 heavy (non-hydrogen) atoms. The lowest BCUT2D eigenvalue weighted by molar-refractivity contribution is 0.0783. The van der Waals surface area contributed by atoms with Crippen LogP contribution in [0.3, 0.4) is 0 Å². The van der Waals surface area contributed by atoms with Gasteiger partial charge in [-0.05, 0) is 54.9 Å². The highest BCUT2D eigenvalue weighted by Gasteiger charge is 2.20. The Morgan fingerprint density at radius 1 is 1.41 bits per heavy atom. The minimum atomic E-state index is -1.88. The predicted octanol–water partition coefficient (Wildman–Crippen LogP) is 4.12. The van der Waals surface area contributed by atoms with E-state index in [1.54, 1.807) is 13.8 Å². The summed E-state index contributed by atoms with van der Waals surface area (Å²) in [4.78, 5) is 21.1. The molecular weight excluding hydrogens is 384 g/mol. The molecule has 0 aliphatic heterocycles. The van der Waals surface area contributed by atoms with Crippen molar-refractivity contribution >= 4 is 33.7 Å². The first-order valence-electron chi connectivity index (χ1n) is 8.81. The molecular formula is C18H23N4O3S2-. The standard InChI is InChI=1S/C18H23N4O3S2/c1-10(2)15-13(8-11-6-5-7-12(11)20-15)21-17(23)22-27(25)14-9-19-16(26-14)18(3,4)24/h8-10,24H,5-7H2,1-4H3,(H,21,23)/q-1. The van der Waals surface area contributed by atoms with Gasteiger partial charge in [0.05, 0.1) is 11.4 Å². The number of aliphatic hydroxyl groups is 1. The topological polar surface area (TPSA) is 105 Å². The van der Waals surface area contributed by atoms with Gasteiger partial charge in [-0.25, -0.2) is 9.78 Å². The van der Waals surface area contributed by atoms with E-state index in [9.17, 15) is 14.1 Å². The van der Waals surface area contributed by atoms with Crippen LogP contribution in [0.25, 0.3) is 0 Å². The lowest BCUT2D eigenvalue weighted by Gasteiger charge is -2.15. The Bertz CT molecular complexity index is 954. The van der Waals surface area contributed by atoms with Gasteiger partial charge in [0.15, 0.2) is 0 Å². The monoisotopic (exact) mass is 407 g/mol. The molecule has 0 unspecified atom stereocenters. The first-order chi connectivity index (χ1) is 12.6. The minimum Gasteiger partial charge on any atom is -0.439 e. The van der Waals surface area contributed by atoms with Crippen LogP contribution in [0.15, 0.2) is 20.8 Å². The summed E-state index contributed by atoms with van der Waals surface area (Å²) in [7, 11) is -1.88. The summed E-state index contributed by atoms with van der Waals surface area (Å²) in [5, 5.41) is 13.1. The second-order valence-electron chi connectivity index (χ2n) is 7.35. The average Bonchev–Trinajstić information content (AvgIpc) is 3.22. The smallest absolute Gasteiger partial charge is 0.322 e. The Morgan fingerprint density at radius 3 is 2.78 bits per heavy atom. The number of anilines is 1. The van der Waals surface area contributed by atoms with Gasteiger partial charge >= 0.3 is 6.03 Å². The quantitative estimate of drug-likeness (QED) is 0.742. The van der Waals surface area contributed by atoms with Crippen molar-refractivity contribution in [3.63, 3.8) is 0 Å². The lowest BCUT2D eigenvalue weighted by atomic mass is 10.1.